The fourth-order valence-electron chi connectivity index (χ4n) is 3.05. The quantitative estimate of drug-likeness (QED) is 0.926. The molecule has 0 amide bonds. The van der Waals surface area contributed by atoms with Crippen LogP contribution >= 0.6 is 0 Å². The van der Waals surface area contributed by atoms with Crippen molar-refractivity contribution in [3.05, 3.63) is 41.7 Å². The number of hydrogen-bond donors (Lipinski definition) is 1. The number of fused-ring (bicyclic) bond motifs is 1. The number of piperidine rings is 1. The lowest BCUT2D eigenvalue weighted by Gasteiger charge is -2.31. The van der Waals surface area contributed by atoms with Gasteiger partial charge in [-0.05, 0) is 50.5 Å². The van der Waals surface area contributed by atoms with Crippen molar-refractivity contribution >= 4 is 5.52 Å². The molecule has 3 rings (SSSR count). The van der Waals surface area contributed by atoms with Crippen molar-refractivity contribution in [1.82, 2.24) is 9.30 Å². The van der Waals surface area contributed by atoms with Gasteiger partial charge in [-0.15, -0.1) is 0 Å². The van der Waals surface area contributed by atoms with Crippen LogP contribution in [0.25, 0.3) is 5.52 Å². The van der Waals surface area contributed by atoms with Crippen LogP contribution in [0.15, 0.2) is 30.6 Å². The van der Waals surface area contributed by atoms with E-state index in [-0.39, 0.29) is 0 Å². The second-order valence-electron chi connectivity index (χ2n) is 5.59. The fraction of sp³-hybridized carbons (Fsp3) is 0.438. The van der Waals surface area contributed by atoms with Crippen LogP contribution in [0.1, 0.15) is 24.0 Å². The third-order valence-electron chi connectivity index (χ3n) is 4.31. The second-order valence-corrected chi connectivity index (χ2v) is 5.59. The Balaban J connectivity index is 1.80. The Hall–Kier alpha value is -1.83. The summed E-state index contributed by atoms with van der Waals surface area (Å²) in [4.78, 5) is 2.43. The van der Waals surface area contributed by atoms with E-state index in [9.17, 15) is 5.26 Å². The smallest absolute Gasteiger partial charge is 0.102 e. The van der Waals surface area contributed by atoms with E-state index < -0.39 is 0 Å². The topological polar surface area (TPSA) is 57.5 Å². The molecule has 4 heteroatoms. The van der Waals surface area contributed by atoms with Crippen molar-refractivity contribution in [2.45, 2.75) is 19.4 Å². The van der Waals surface area contributed by atoms with E-state index >= 15 is 0 Å². The molecule has 0 radical (unpaired) electrons. The molecule has 0 saturated carbocycles. The Labute approximate surface area is 119 Å². The highest BCUT2D eigenvalue weighted by atomic mass is 15.1. The minimum atomic E-state index is 0.676. The summed E-state index contributed by atoms with van der Waals surface area (Å²) in [6.45, 7) is 3.83. The lowest BCUT2D eigenvalue weighted by Crippen LogP contribution is -2.35. The molecular weight excluding hydrogens is 248 g/mol. The highest BCUT2D eigenvalue weighted by molar-refractivity contribution is 5.65. The number of nitrogens with two attached hydrogens (primary N) is 1. The minimum Gasteiger partial charge on any atom is -0.330 e. The van der Waals surface area contributed by atoms with E-state index in [1.807, 2.05) is 28.8 Å². The van der Waals surface area contributed by atoms with Crippen molar-refractivity contribution in [3.63, 3.8) is 0 Å². The number of nitriles is 1. The predicted octanol–water partition coefficient (Wildman–Crippen LogP) is 1.98. The summed E-state index contributed by atoms with van der Waals surface area (Å²) < 4.78 is 2.04. The Kier molecular flexibility index (Phi) is 3.72. The van der Waals surface area contributed by atoms with Gasteiger partial charge in [0.15, 0.2) is 0 Å². The normalized spacial score (nSPS) is 17.4. The van der Waals surface area contributed by atoms with E-state index in [0.29, 0.717) is 5.92 Å². The van der Waals surface area contributed by atoms with E-state index in [1.165, 1.54) is 12.8 Å². The van der Waals surface area contributed by atoms with Gasteiger partial charge in [-0.25, -0.2) is 0 Å². The number of likely N-dealkylation sites (tertiary alicyclic amines) is 1. The first-order valence-electron chi connectivity index (χ1n) is 7.23. The number of rotatable bonds is 3. The average Bonchev–Trinajstić information content (AvgIpc) is 2.85. The first-order valence-corrected chi connectivity index (χ1v) is 7.23. The molecule has 104 valence electrons. The molecule has 2 N–H and O–H groups in total. The molecule has 2 aromatic heterocycles. The van der Waals surface area contributed by atoms with Crippen molar-refractivity contribution in [2.24, 2.45) is 11.7 Å². The molecule has 0 aromatic carbocycles. The molecule has 3 heterocycles. The molecule has 2 aromatic rings. The van der Waals surface area contributed by atoms with Gasteiger partial charge in [-0.1, -0.05) is 6.07 Å². The first kappa shape index (κ1) is 13.2. The maximum absolute atomic E-state index is 9.42. The van der Waals surface area contributed by atoms with E-state index in [0.717, 1.165) is 42.8 Å². The number of nitrogens with zero attached hydrogens (tertiary/aromatic N) is 3. The SMILES string of the molecule is N#Cc1c(CN2CCC(CN)CC2)cn2ccccc12. The monoisotopic (exact) mass is 268 g/mol. The van der Waals surface area contributed by atoms with Gasteiger partial charge in [0.2, 0.25) is 0 Å². The van der Waals surface area contributed by atoms with E-state index in [1.54, 1.807) is 0 Å². The van der Waals surface area contributed by atoms with Crippen LogP contribution in [0, 0.1) is 17.2 Å². The van der Waals surface area contributed by atoms with Crippen LogP contribution < -0.4 is 5.73 Å². The zero-order valence-electron chi connectivity index (χ0n) is 11.6. The fourth-order valence-corrected chi connectivity index (χ4v) is 3.05. The molecule has 0 bridgehead atoms. The largest absolute Gasteiger partial charge is 0.330 e. The second kappa shape index (κ2) is 5.66. The van der Waals surface area contributed by atoms with Crippen LogP contribution in [-0.4, -0.2) is 28.9 Å². The van der Waals surface area contributed by atoms with Crippen LogP contribution in [0.2, 0.25) is 0 Å². The lowest BCUT2D eigenvalue weighted by molar-refractivity contribution is 0.180. The Morgan fingerprint density at radius 2 is 2.10 bits per heavy atom. The molecule has 0 aliphatic carbocycles. The third-order valence-corrected chi connectivity index (χ3v) is 4.31. The van der Waals surface area contributed by atoms with Gasteiger partial charge in [0, 0.05) is 24.5 Å². The summed E-state index contributed by atoms with van der Waals surface area (Å²) in [5.41, 5.74) is 8.68. The van der Waals surface area contributed by atoms with Gasteiger partial charge in [-0.2, -0.15) is 5.26 Å². The van der Waals surface area contributed by atoms with Gasteiger partial charge in [0.05, 0.1) is 11.1 Å². The van der Waals surface area contributed by atoms with Crippen molar-refractivity contribution in [1.29, 1.82) is 5.26 Å². The van der Waals surface area contributed by atoms with Crippen LogP contribution in [0.3, 0.4) is 0 Å². The average molecular weight is 268 g/mol. The Bertz CT molecular complexity index is 629. The van der Waals surface area contributed by atoms with Crippen molar-refractivity contribution in [2.75, 3.05) is 19.6 Å². The van der Waals surface area contributed by atoms with Gasteiger partial charge >= 0.3 is 0 Å². The van der Waals surface area contributed by atoms with Gasteiger partial charge in [-0.3, -0.25) is 4.90 Å². The first-order chi connectivity index (χ1) is 9.81. The maximum Gasteiger partial charge on any atom is 0.102 e. The Morgan fingerprint density at radius 1 is 1.30 bits per heavy atom. The van der Waals surface area contributed by atoms with E-state index in [2.05, 4.69) is 17.2 Å². The highest BCUT2D eigenvalue weighted by Gasteiger charge is 2.20. The molecule has 20 heavy (non-hydrogen) atoms. The van der Waals surface area contributed by atoms with Crippen molar-refractivity contribution in [3.8, 4) is 6.07 Å². The number of pyridine rings is 1. The summed E-state index contributed by atoms with van der Waals surface area (Å²) in [5.74, 6) is 0.676. The summed E-state index contributed by atoms with van der Waals surface area (Å²) in [7, 11) is 0. The molecular formula is C16H20N4. The summed E-state index contributed by atoms with van der Waals surface area (Å²) >= 11 is 0. The molecule has 0 spiro atoms. The molecule has 0 unspecified atom stereocenters. The number of hydrogen-bond acceptors (Lipinski definition) is 3. The molecule has 1 aliphatic rings. The van der Waals surface area contributed by atoms with Crippen LogP contribution in [0.4, 0.5) is 0 Å². The van der Waals surface area contributed by atoms with Crippen molar-refractivity contribution < 1.29 is 0 Å². The van der Waals surface area contributed by atoms with Gasteiger partial charge in [0.25, 0.3) is 0 Å². The summed E-state index contributed by atoms with van der Waals surface area (Å²) in [6, 6.07) is 8.33. The third kappa shape index (κ3) is 2.43. The molecule has 4 nitrogen and oxygen atoms in total. The predicted molar refractivity (Wildman–Crippen MR) is 79.2 cm³/mol. The maximum atomic E-state index is 9.42. The summed E-state index contributed by atoms with van der Waals surface area (Å²) in [6.07, 6.45) is 6.43. The summed E-state index contributed by atoms with van der Waals surface area (Å²) in [5, 5.41) is 9.42. The van der Waals surface area contributed by atoms with Gasteiger partial charge < -0.3 is 10.1 Å². The molecule has 0 atom stereocenters. The Morgan fingerprint density at radius 3 is 2.80 bits per heavy atom. The lowest BCUT2D eigenvalue weighted by atomic mass is 9.97. The zero-order valence-corrected chi connectivity index (χ0v) is 11.6. The van der Waals surface area contributed by atoms with Gasteiger partial charge in [0.1, 0.15) is 6.07 Å². The molecule has 1 aliphatic heterocycles. The van der Waals surface area contributed by atoms with E-state index in [4.69, 9.17) is 5.73 Å². The number of aromatic nitrogens is 1. The minimum absolute atomic E-state index is 0.676. The molecule has 1 fully saturated rings. The van der Waals surface area contributed by atoms with Crippen LogP contribution in [-0.2, 0) is 6.54 Å². The zero-order chi connectivity index (χ0) is 13.9. The van der Waals surface area contributed by atoms with Crippen LogP contribution in [0.5, 0.6) is 0 Å². The molecule has 1 saturated heterocycles. The highest BCUT2D eigenvalue weighted by Crippen LogP contribution is 2.22. The standard InChI is InChI=1S/C16H20N4/c17-9-13-4-7-19(8-5-13)11-14-12-20-6-2-1-3-16(20)15(14)10-18/h1-3,6,12-13H,4-5,7-9,11,17H2.